The molecule has 0 aliphatic rings. The molecule has 2 aromatic carbocycles. The molecule has 112 valence electrons. The van der Waals surface area contributed by atoms with E-state index in [0.29, 0.717) is 5.92 Å². The second kappa shape index (κ2) is 8.20. The average molecular weight is 348 g/mol. The maximum atomic E-state index is 5.28. The van der Waals surface area contributed by atoms with E-state index in [9.17, 15) is 0 Å². The molecule has 2 rings (SSSR count). The Kier molecular flexibility index (Phi) is 6.27. The van der Waals surface area contributed by atoms with Crippen molar-refractivity contribution in [2.45, 2.75) is 12.5 Å². The molecule has 0 aromatic heterocycles. The summed E-state index contributed by atoms with van der Waals surface area (Å²) in [6.07, 6.45) is 0. The van der Waals surface area contributed by atoms with Crippen molar-refractivity contribution in [1.29, 1.82) is 0 Å². The zero-order valence-electron chi connectivity index (χ0n) is 12.6. The highest BCUT2D eigenvalue weighted by atomic mass is 79.9. The second-order valence-corrected chi connectivity index (χ2v) is 5.96. The number of likely N-dealkylation sites (N-methyl/N-ethyl adjacent to an activating group) is 1. The van der Waals surface area contributed by atoms with Crippen molar-refractivity contribution in [2.24, 2.45) is 0 Å². The lowest BCUT2D eigenvalue weighted by Gasteiger charge is -2.23. The van der Waals surface area contributed by atoms with Gasteiger partial charge in [0.15, 0.2) is 0 Å². The van der Waals surface area contributed by atoms with E-state index in [-0.39, 0.29) is 0 Å². The van der Waals surface area contributed by atoms with Crippen molar-refractivity contribution in [3.05, 3.63) is 65.7 Å². The van der Waals surface area contributed by atoms with Gasteiger partial charge in [-0.3, -0.25) is 0 Å². The molecule has 0 aliphatic carbocycles. The number of hydrogen-bond donors (Lipinski definition) is 0. The quantitative estimate of drug-likeness (QED) is 0.692. The van der Waals surface area contributed by atoms with Crippen LogP contribution in [0.25, 0.3) is 0 Å². The number of ether oxygens (including phenoxy) is 1. The first kappa shape index (κ1) is 16.1. The highest BCUT2D eigenvalue weighted by Gasteiger charge is 2.13. The van der Waals surface area contributed by atoms with Crippen LogP contribution in [0.5, 0.6) is 5.75 Å². The zero-order chi connectivity index (χ0) is 15.1. The third-order valence-electron chi connectivity index (χ3n) is 3.58. The Morgan fingerprint density at radius 3 is 2.52 bits per heavy atom. The zero-order valence-corrected chi connectivity index (χ0v) is 14.2. The third-order valence-corrected chi connectivity index (χ3v) is 4.36. The Labute approximate surface area is 135 Å². The minimum absolute atomic E-state index is 0.502. The third kappa shape index (κ3) is 4.87. The van der Waals surface area contributed by atoms with Crippen molar-refractivity contribution in [2.75, 3.05) is 26.0 Å². The summed E-state index contributed by atoms with van der Waals surface area (Å²) in [4.78, 5) is 2.35. The van der Waals surface area contributed by atoms with E-state index >= 15 is 0 Å². The first-order chi connectivity index (χ1) is 10.2. The van der Waals surface area contributed by atoms with Gasteiger partial charge in [-0.25, -0.2) is 0 Å². The van der Waals surface area contributed by atoms with E-state index in [1.165, 1.54) is 11.1 Å². The lowest BCUT2D eigenvalue weighted by atomic mass is 10.0. The summed E-state index contributed by atoms with van der Waals surface area (Å²) in [7, 11) is 3.87. The number of methoxy groups -OCH3 is 1. The van der Waals surface area contributed by atoms with Gasteiger partial charge in [0.05, 0.1) is 7.11 Å². The molecule has 0 saturated heterocycles. The Hall–Kier alpha value is -1.32. The predicted molar refractivity (Wildman–Crippen MR) is 92.3 cm³/mol. The molecule has 3 heteroatoms. The average Bonchev–Trinajstić information content (AvgIpc) is 2.53. The number of halogens is 1. The largest absolute Gasteiger partial charge is 0.497 e. The minimum Gasteiger partial charge on any atom is -0.497 e. The normalized spacial score (nSPS) is 12.4. The summed E-state index contributed by atoms with van der Waals surface area (Å²) in [5, 5.41) is 0.972. The Balaban J connectivity index is 1.98. The van der Waals surface area contributed by atoms with Gasteiger partial charge in [0.25, 0.3) is 0 Å². The van der Waals surface area contributed by atoms with Crippen LogP contribution >= 0.6 is 15.9 Å². The number of hydrogen-bond acceptors (Lipinski definition) is 2. The molecule has 0 saturated carbocycles. The Morgan fingerprint density at radius 1 is 1.10 bits per heavy atom. The molecule has 0 bridgehead atoms. The van der Waals surface area contributed by atoms with Crippen LogP contribution in [-0.4, -0.2) is 30.9 Å². The van der Waals surface area contributed by atoms with Crippen LogP contribution in [-0.2, 0) is 6.54 Å². The fourth-order valence-electron chi connectivity index (χ4n) is 2.49. The highest BCUT2D eigenvalue weighted by Crippen LogP contribution is 2.20. The smallest absolute Gasteiger partial charge is 0.119 e. The second-order valence-electron chi connectivity index (χ2n) is 5.31. The molecule has 2 aromatic rings. The van der Waals surface area contributed by atoms with Crippen molar-refractivity contribution in [3.63, 3.8) is 0 Å². The van der Waals surface area contributed by atoms with Gasteiger partial charge in [0.2, 0.25) is 0 Å². The number of nitrogens with zero attached hydrogens (tertiary/aromatic N) is 1. The lowest BCUT2D eigenvalue weighted by molar-refractivity contribution is 0.311. The Bertz CT molecular complexity index is 544. The van der Waals surface area contributed by atoms with E-state index in [0.717, 1.165) is 24.2 Å². The molecule has 0 spiro atoms. The van der Waals surface area contributed by atoms with Crippen LogP contribution in [0.15, 0.2) is 54.6 Å². The van der Waals surface area contributed by atoms with Gasteiger partial charge >= 0.3 is 0 Å². The van der Waals surface area contributed by atoms with Gasteiger partial charge in [0, 0.05) is 24.3 Å². The number of benzene rings is 2. The molecule has 1 unspecified atom stereocenters. The van der Waals surface area contributed by atoms with Crippen LogP contribution in [0.2, 0.25) is 0 Å². The van der Waals surface area contributed by atoms with E-state index in [2.05, 4.69) is 70.3 Å². The maximum absolute atomic E-state index is 5.28. The van der Waals surface area contributed by atoms with Gasteiger partial charge in [-0.05, 0) is 30.3 Å². The predicted octanol–water partition coefficient (Wildman–Crippen LogP) is 4.31. The molecule has 0 aliphatic heterocycles. The summed E-state index contributed by atoms with van der Waals surface area (Å²) in [6, 6.07) is 18.9. The summed E-state index contributed by atoms with van der Waals surface area (Å²) in [5.74, 6) is 1.42. The van der Waals surface area contributed by atoms with E-state index in [4.69, 9.17) is 4.74 Å². The molecule has 21 heavy (non-hydrogen) atoms. The molecule has 0 radical (unpaired) electrons. The first-order valence-electron chi connectivity index (χ1n) is 7.15. The molecule has 0 amide bonds. The summed E-state index contributed by atoms with van der Waals surface area (Å²) < 4.78 is 5.28. The van der Waals surface area contributed by atoms with Crippen LogP contribution in [0.4, 0.5) is 0 Å². The van der Waals surface area contributed by atoms with Gasteiger partial charge in [-0.15, -0.1) is 0 Å². The van der Waals surface area contributed by atoms with Crippen molar-refractivity contribution in [1.82, 2.24) is 4.90 Å². The maximum Gasteiger partial charge on any atom is 0.119 e. The SMILES string of the molecule is COc1cccc(CN(C)CC(CBr)c2ccccc2)c1. The molecular weight excluding hydrogens is 326 g/mol. The van der Waals surface area contributed by atoms with Crippen LogP contribution in [0.1, 0.15) is 17.0 Å². The van der Waals surface area contributed by atoms with E-state index in [1.54, 1.807) is 7.11 Å². The van der Waals surface area contributed by atoms with Gasteiger partial charge < -0.3 is 9.64 Å². The molecule has 1 atom stereocenters. The van der Waals surface area contributed by atoms with E-state index < -0.39 is 0 Å². The summed E-state index contributed by atoms with van der Waals surface area (Å²) in [5.41, 5.74) is 2.66. The Morgan fingerprint density at radius 2 is 1.86 bits per heavy atom. The van der Waals surface area contributed by atoms with Crippen molar-refractivity contribution < 1.29 is 4.74 Å². The van der Waals surface area contributed by atoms with Crippen LogP contribution in [0, 0.1) is 0 Å². The first-order valence-corrected chi connectivity index (χ1v) is 8.27. The number of alkyl halides is 1. The minimum atomic E-state index is 0.502. The lowest BCUT2D eigenvalue weighted by Crippen LogP contribution is -2.25. The van der Waals surface area contributed by atoms with Gasteiger partial charge in [-0.1, -0.05) is 58.4 Å². The molecule has 0 fully saturated rings. The fourth-order valence-corrected chi connectivity index (χ4v) is 3.07. The van der Waals surface area contributed by atoms with Crippen LogP contribution in [0.3, 0.4) is 0 Å². The highest BCUT2D eigenvalue weighted by molar-refractivity contribution is 9.09. The molecule has 0 heterocycles. The standard InChI is InChI=1S/C18H22BrNO/c1-20(13-15-7-6-10-18(11-15)21-2)14-17(12-19)16-8-4-3-5-9-16/h3-11,17H,12-14H2,1-2H3. The molecule has 0 N–H and O–H groups in total. The summed E-state index contributed by atoms with van der Waals surface area (Å²) in [6.45, 7) is 1.94. The molecule has 2 nitrogen and oxygen atoms in total. The van der Waals surface area contributed by atoms with E-state index in [1.807, 2.05) is 12.1 Å². The van der Waals surface area contributed by atoms with Crippen LogP contribution < -0.4 is 4.74 Å². The van der Waals surface area contributed by atoms with Gasteiger partial charge in [-0.2, -0.15) is 0 Å². The molecular formula is C18H22BrNO. The van der Waals surface area contributed by atoms with Gasteiger partial charge in [0.1, 0.15) is 5.75 Å². The summed E-state index contributed by atoms with van der Waals surface area (Å²) >= 11 is 3.64. The van der Waals surface area contributed by atoms with Crippen molar-refractivity contribution in [3.8, 4) is 5.75 Å². The monoisotopic (exact) mass is 347 g/mol. The topological polar surface area (TPSA) is 12.5 Å². The fraction of sp³-hybridized carbons (Fsp3) is 0.333. The number of rotatable bonds is 7. The van der Waals surface area contributed by atoms with Crippen molar-refractivity contribution >= 4 is 15.9 Å².